The Morgan fingerprint density at radius 2 is 1.83 bits per heavy atom. The first kappa shape index (κ1) is 17.5. The summed E-state index contributed by atoms with van der Waals surface area (Å²) in [6, 6.07) is 4.54. The number of esters is 1. The lowest BCUT2D eigenvalue weighted by Gasteiger charge is -2.06. The Hall–Kier alpha value is -2.89. The van der Waals surface area contributed by atoms with Crippen LogP contribution >= 0.6 is 0 Å². The lowest BCUT2D eigenvalue weighted by atomic mass is 10.1. The van der Waals surface area contributed by atoms with Crippen molar-refractivity contribution in [3.63, 3.8) is 0 Å². The fourth-order valence-electron chi connectivity index (χ4n) is 2.65. The van der Waals surface area contributed by atoms with Gasteiger partial charge in [-0.3, -0.25) is 9.59 Å². The van der Waals surface area contributed by atoms with Gasteiger partial charge in [-0.25, -0.2) is 4.79 Å². The van der Waals surface area contributed by atoms with E-state index in [0.717, 1.165) is 5.56 Å². The molecule has 0 bridgehead atoms. The average molecular weight is 329 g/mol. The maximum Gasteiger partial charge on any atom is 0.342 e. The first-order valence-corrected chi connectivity index (χ1v) is 7.42. The summed E-state index contributed by atoms with van der Waals surface area (Å²) in [7, 11) is 0. The van der Waals surface area contributed by atoms with E-state index in [0.29, 0.717) is 16.8 Å². The Labute approximate surface area is 139 Å². The number of phenols is 1. The Kier molecular flexibility index (Phi) is 4.87. The summed E-state index contributed by atoms with van der Waals surface area (Å²) in [5.74, 6) is -1.56. The second-order valence-electron chi connectivity index (χ2n) is 5.70. The molecule has 0 unspecified atom stereocenters. The number of aromatic hydroxyl groups is 1. The van der Waals surface area contributed by atoms with E-state index in [1.807, 2.05) is 0 Å². The number of carbonyl (C=O) groups is 3. The SMILES string of the molecule is CC(=O)c1c(C)[nH]c(C(=O)COC(=O)c2ccc(C)cc2O)c1C. The van der Waals surface area contributed by atoms with Crippen molar-refractivity contribution in [2.45, 2.75) is 27.7 Å². The molecule has 0 radical (unpaired) electrons. The number of nitrogens with one attached hydrogen (secondary N) is 1. The van der Waals surface area contributed by atoms with Crippen molar-refractivity contribution >= 4 is 17.5 Å². The Morgan fingerprint density at radius 1 is 1.17 bits per heavy atom. The van der Waals surface area contributed by atoms with Gasteiger partial charge < -0.3 is 14.8 Å². The second-order valence-corrected chi connectivity index (χ2v) is 5.70. The molecule has 6 heteroatoms. The third-order valence-corrected chi connectivity index (χ3v) is 3.78. The topological polar surface area (TPSA) is 96.5 Å². The molecule has 0 aliphatic rings. The third kappa shape index (κ3) is 3.37. The first-order valence-electron chi connectivity index (χ1n) is 7.42. The van der Waals surface area contributed by atoms with Gasteiger partial charge in [-0.1, -0.05) is 6.07 Å². The molecule has 0 atom stereocenters. The van der Waals surface area contributed by atoms with Crippen LogP contribution in [0.5, 0.6) is 5.75 Å². The first-order chi connectivity index (χ1) is 11.2. The predicted octanol–water partition coefficient (Wildman–Crippen LogP) is 2.89. The highest BCUT2D eigenvalue weighted by molar-refractivity contribution is 6.04. The van der Waals surface area contributed by atoms with Crippen LogP contribution in [-0.4, -0.2) is 34.2 Å². The maximum atomic E-state index is 12.2. The summed E-state index contributed by atoms with van der Waals surface area (Å²) in [4.78, 5) is 38.7. The Balaban J connectivity index is 2.12. The molecule has 1 aromatic carbocycles. The van der Waals surface area contributed by atoms with Crippen LogP contribution in [0, 0.1) is 20.8 Å². The van der Waals surface area contributed by atoms with Crippen LogP contribution in [0.25, 0.3) is 0 Å². The number of aromatic amines is 1. The number of aromatic nitrogens is 1. The standard InChI is InChI=1S/C18H19NO5/c1-9-5-6-13(14(21)7-9)18(23)24-8-15(22)17-10(2)16(12(4)20)11(3)19-17/h5-7,19,21H,8H2,1-4H3. The van der Waals surface area contributed by atoms with Gasteiger partial charge in [-0.15, -0.1) is 0 Å². The predicted molar refractivity (Wildman–Crippen MR) is 87.7 cm³/mol. The zero-order valence-electron chi connectivity index (χ0n) is 14.0. The van der Waals surface area contributed by atoms with Crippen LogP contribution < -0.4 is 0 Å². The molecule has 24 heavy (non-hydrogen) atoms. The minimum absolute atomic E-state index is 0.00258. The molecule has 0 spiro atoms. The number of rotatable bonds is 5. The zero-order chi connectivity index (χ0) is 18.0. The van der Waals surface area contributed by atoms with Crippen LogP contribution in [0.15, 0.2) is 18.2 Å². The fraction of sp³-hybridized carbons (Fsp3) is 0.278. The number of aryl methyl sites for hydroxylation is 2. The molecule has 0 amide bonds. The number of hydrogen-bond donors (Lipinski definition) is 2. The van der Waals surface area contributed by atoms with Gasteiger partial charge in [0.2, 0.25) is 5.78 Å². The number of phenolic OH excluding ortho intramolecular Hbond substituents is 1. The number of hydrogen-bond acceptors (Lipinski definition) is 5. The Morgan fingerprint density at radius 3 is 2.38 bits per heavy atom. The molecule has 1 aromatic heterocycles. The summed E-state index contributed by atoms with van der Waals surface area (Å²) < 4.78 is 4.98. The third-order valence-electron chi connectivity index (χ3n) is 3.78. The number of ether oxygens (including phenoxy) is 1. The van der Waals surface area contributed by atoms with Gasteiger partial charge in [0, 0.05) is 11.3 Å². The van der Waals surface area contributed by atoms with Crippen LogP contribution in [0.1, 0.15) is 54.9 Å². The van der Waals surface area contributed by atoms with E-state index in [4.69, 9.17) is 4.74 Å². The number of ketones is 2. The molecule has 2 N–H and O–H groups in total. The van der Waals surface area contributed by atoms with Crippen molar-refractivity contribution in [1.29, 1.82) is 0 Å². The average Bonchev–Trinajstić information content (AvgIpc) is 2.79. The van der Waals surface area contributed by atoms with Gasteiger partial charge in [-0.2, -0.15) is 0 Å². The van der Waals surface area contributed by atoms with E-state index in [2.05, 4.69) is 4.98 Å². The summed E-state index contributed by atoms with van der Waals surface area (Å²) in [5, 5.41) is 9.76. The Bertz CT molecular complexity index is 832. The van der Waals surface area contributed by atoms with Crippen molar-refractivity contribution in [3.05, 3.63) is 51.8 Å². The maximum absolute atomic E-state index is 12.2. The zero-order valence-corrected chi connectivity index (χ0v) is 14.0. The van der Waals surface area contributed by atoms with Gasteiger partial charge in [0.15, 0.2) is 12.4 Å². The van der Waals surface area contributed by atoms with E-state index >= 15 is 0 Å². The van der Waals surface area contributed by atoms with Gasteiger partial charge in [0.05, 0.1) is 5.69 Å². The molecule has 126 valence electrons. The van der Waals surface area contributed by atoms with E-state index in [-0.39, 0.29) is 22.8 Å². The van der Waals surface area contributed by atoms with Crippen molar-refractivity contribution in [1.82, 2.24) is 4.98 Å². The minimum atomic E-state index is -0.784. The molecule has 0 saturated heterocycles. The summed E-state index contributed by atoms with van der Waals surface area (Å²) >= 11 is 0. The molecular formula is C18H19NO5. The molecule has 0 fully saturated rings. The highest BCUT2D eigenvalue weighted by Gasteiger charge is 2.21. The van der Waals surface area contributed by atoms with Crippen molar-refractivity contribution in [2.75, 3.05) is 6.61 Å². The van der Waals surface area contributed by atoms with Crippen molar-refractivity contribution < 1.29 is 24.2 Å². The summed E-state index contributed by atoms with van der Waals surface area (Å²) in [6.07, 6.45) is 0. The molecule has 2 rings (SSSR count). The lowest BCUT2D eigenvalue weighted by molar-refractivity contribution is 0.0470. The minimum Gasteiger partial charge on any atom is -0.507 e. The number of carbonyl (C=O) groups excluding carboxylic acids is 3. The van der Waals surface area contributed by atoms with Crippen LogP contribution in [0.3, 0.4) is 0 Å². The van der Waals surface area contributed by atoms with Crippen LogP contribution in [0.2, 0.25) is 0 Å². The largest absolute Gasteiger partial charge is 0.507 e. The van der Waals surface area contributed by atoms with E-state index < -0.39 is 18.4 Å². The molecule has 2 aromatic rings. The monoisotopic (exact) mass is 329 g/mol. The van der Waals surface area contributed by atoms with Gasteiger partial charge >= 0.3 is 5.97 Å². The lowest BCUT2D eigenvalue weighted by Crippen LogP contribution is -2.15. The van der Waals surface area contributed by atoms with Crippen LogP contribution in [0.4, 0.5) is 0 Å². The smallest absolute Gasteiger partial charge is 0.342 e. The molecule has 1 heterocycles. The number of Topliss-reactive ketones (excluding diaryl/α,β-unsaturated/α-hetero) is 2. The second kappa shape index (κ2) is 6.70. The fourth-order valence-corrected chi connectivity index (χ4v) is 2.65. The quantitative estimate of drug-likeness (QED) is 0.649. The highest BCUT2D eigenvalue weighted by atomic mass is 16.5. The summed E-state index contributed by atoms with van der Waals surface area (Å²) in [5.41, 5.74) is 2.66. The molecule has 0 aliphatic carbocycles. The number of H-pyrrole nitrogens is 1. The highest BCUT2D eigenvalue weighted by Crippen LogP contribution is 2.21. The molecule has 0 aliphatic heterocycles. The summed E-state index contributed by atoms with van der Waals surface area (Å²) in [6.45, 7) is 6.10. The van der Waals surface area contributed by atoms with Gasteiger partial charge in [0.1, 0.15) is 11.3 Å². The van der Waals surface area contributed by atoms with Gasteiger partial charge in [-0.05, 0) is 51.0 Å². The van der Waals surface area contributed by atoms with E-state index in [1.54, 1.807) is 26.8 Å². The van der Waals surface area contributed by atoms with E-state index in [9.17, 15) is 19.5 Å². The molecule has 0 saturated carbocycles. The van der Waals surface area contributed by atoms with E-state index in [1.165, 1.54) is 19.1 Å². The normalized spacial score (nSPS) is 10.5. The van der Waals surface area contributed by atoms with Crippen molar-refractivity contribution in [2.24, 2.45) is 0 Å². The molecule has 6 nitrogen and oxygen atoms in total. The number of benzene rings is 1. The van der Waals surface area contributed by atoms with Gasteiger partial charge in [0.25, 0.3) is 0 Å². The van der Waals surface area contributed by atoms with Crippen molar-refractivity contribution in [3.8, 4) is 5.75 Å². The van der Waals surface area contributed by atoms with Crippen LogP contribution in [-0.2, 0) is 4.74 Å². The molecular weight excluding hydrogens is 310 g/mol.